The van der Waals surface area contributed by atoms with E-state index in [4.69, 9.17) is 0 Å². The highest BCUT2D eigenvalue weighted by Gasteiger charge is 2.36. The molecule has 5 rings (SSSR count). The number of para-hydroxylation sites is 1. The van der Waals surface area contributed by atoms with Crippen LogP contribution in [0.3, 0.4) is 0 Å². The third-order valence-electron chi connectivity index (χ3n) is 5.59. The molecule has 25 heavy (non-hydrogen) atoms. The lowest BCUT2D eigenvalue weighted by Gasteiger charge is -2.42. The number of aromatic nitrogens is 2. The van der Waals surface area contributed by atoms with Gasteiger partial charge < -0.3 is 14.5 Å². The van der Waals surface area contributed by atoms with Gasteiger partial charge in [-0.15, -0.1) is 0 Å². The molecule has 4 heterocycles. The van der Waals surface area contributed by atoms with Gasteiger partial charge in [-0.1, -0.05) is 24.3 Å². The Hall–Kier alpha value is -2.82. The average molecular weight is 333 g/mol. The normalized spacial score (nSPS) is 22.0. The van der Waals surface area contributed by atoms with Crippen molar-refractivity contribution in [3.63, 3.8) is 0 Å². The van der Waals surface area contributed by atoms with E-state index in [0.717, 1.165) is 35.1 Å². The summed E-state index contributed by atoms with van der Waals surface area (Å²) in [5.74, 6) is 0.676. The first-order chi connectivity index (χ1) is 12.2. The molecule has 1 aromatic carbocycles. The maximum atomic E-state index is 13.1. The molecule has 126 valence electrons. The number of nitrogens with zero attached hydrogens (tertiary/aromatic N) is 2. The second kappa shape index (κ2) is 5.34. The fourth-order valence-corrected chi connectivity index (χ4v) is 4.48. The number of pyridine rings is 1. The number of carbonyl (C=O) groups is 1. The zero-order valence-corrected chi connectivity index (χ0v) is 13.8. The topological polar surface area (TPSA) is 58.1 Å². The highest BCUT2D eigenvalue weighted by molar-refractivity contribution is 6.06. The molecule has 2 aliphatic rings. The van der Waals surface area contributed by atoms with Gasteiger partial charge in [0.1, 0.15) is 0 Å². The van der Waals surface area contributed by atoms with Crippen molar-refractivity contribution in [2.75, 3.05) is 13.1 Å². The van der Waals surface area contributed by atoms with Gasteiger partial charge in [0.2, 0.25) is 0 Å². The first-order valence-corrected chi connectivity index (χ1v) is 8.76. The molecule has 0 aliphatic carbocycles. The van der Waals surface area contributed by atoms with Crippen LogP contribution in [-0.2, 0) is 6.54 Å². The van der Waals surface area contributed by atoms with Crippen LogP contribution in [0.2, 0.25) is 0 Å². The summed E-state index contributed by atoms with van der Waals surface area (Å²) >= 11 is 0. The predicted octanol–water partition coefficient (Wildman–Crippen LogP) is 2.59. The first kappa shape index (κ1) is 14.5. The second-order valence-electron chi connectivity index (χ2n) is 7.16. The van der Waals surface area contributed by atoms with E-state index in [1.165, 1.54) is 0 Å². The number of hydrogen-bond donors (Lipinski definition) is 1. The number of nitrogens with one attached hydrogen (secondary N) is 1. The Kier molecular flexibility index (Phi) is 3.10. The van der Waals surface area contributed by atoms with Gasteiger partial charge in [0.15, 0.2) is 0 Å². The fraction of sp³-hybridized carbons (Fsp3) is 0.300. The maximum Gasteiger partial charge on any atom is 0.256 e. The van der Waals surface area contributed by atoms with E-state index in [-0.39, 0.29) is 17.4 Å². The van der Waals surface area contributed by atoms with Gasteiger partial charge >= 0.3 is 0 Å². The molecule has 0 unspecified atom stereocenters. The fourth-order valence-electron chi connectivity index (χ4n) is 4.48. The number of likely N-dealkylation sites (tertiary alicyclic amines) is 1. The van der Waals surface area contributed by atoms with Crippen LogP contribution in [0.15, 0.2) is 53.5 Å². The second-order valence-corrected chi connectivity index (χ2v) is 7.16. The molecule has 2 aliphatic heterocycles. The van der Waals surface area contributed by atoms with Crippen LogP contribution in [-0.4, -0.2) is 33.4 Å². The van der Waals surface area contributed by atoms with Crippen LogP contribution in [0.1, 0.15) is 28.4 Å². The van der Waals surface area contributed by atoms with Crippen LogP contribution < -0.4 is 5.56 Å². The minimum absolute atomic E-state index is 0.0728. The Balaban J connectivity index is 1.49. The average Bonchev–Trinajstić information content (AvgIpc) is 3.06. The molecule has 1 fully saturated rings. The standard InChI is InChI=1S/C20H19N3O2/c24-19-7-3-6-18-14-8-13(11-23(18)19)10-22(12-14)20(25)16-9-21-17-5-2-1-4-15(16)17/h1-7,9,13-14,21H,8,10-12H2/t13-,14-/m1/s1. The minimum Gasteiger partial charge on any atom is -0.360 e. The van der Waals surface area contributed by atoms with Crippen LogP contribution >= 0.6 is 0 Å². The number of carbonyl (C=O) groups excluding carboxylic acids is 1. The monoisotopic (exact) mass is 333 g/mol. The maximum absolute atomic E-state index is 13.1. The lowest BCUT2D eigenvalue weighted by Crippen LogP contribution is -2.49. The van der Waals surface area contributed by atoms with Crippen LogP contribution in [0.5, 0.6) is 0 Å². The number of H-pyrrole nitrogens is 1. The Morgan fingerprint density at radius 3 is 2.84 bits per heavy atom. The first-order valence-electron chi connectivity index (χ1n) is 8.76. The molecule has 1 N–H and O–H groups in total. The summed E-state index contributed by atoms with van der Waals surface area (Å²) in [5.41, 5.74) is 2.87. The molecule has 2 aromatic heterocycles. The van der Waals surface area contributed by atoms with Gasteiger partial charge in [-0.05, 0) is 24.5 Å². The van der Waals surface area contributed by atoms with E-state index in [9.17, 15) is 9.59 Å². The number of fused-ring (bicyclic) bond motifs is 5. The van der Waals surface area contributed by atoms with Gasteiger partial charge in [0, 0.05) is 54.4 Å². The Labute approximate surface area is 144 Å². The predicted molar refractivity (Wildman–Crippen MR) is 95.8 cm³/mol. The molecule has 1 amide bonds. The minimum atomic E-state index is 0.0728. The van der Waals surface area contributed by atoms with Crippen molar-refractivity contribution in [3.8, 4) is 0 Å². The van der Waals surface area contributed by atoms with Crippen molar-refractivity contribution >= 4 is 16.8 Å². The van der Waals surface area contributed by atoms with Crippen molar-refractivity contribution in [1.29, 1.82) is 0 Å². The summed E-state index contributed by atoms with van der Waals surface area (Å²) in [6.07, 6.45) is 2.87. The Bertz CT molecular complexity index is 1030. The lowest BCUT2D eigenvalue weighted by molar-refractivity contribution is 0.0596. The molecule has 0 radical (unpaired) electrons. The van der Waals surface area contributed by atoms with Crippen LogP contribution in [0.4, 0.5) is 0 Å². The third-order valence-corrected chi connectivity index (χ3v) is 5.59. The molecular formula is C20H19N3O2. The van der Waals surface area contributed by atoms with Crippen molar-refractivity contribution in [1.82, 2.24) is 14.5 Å². The molecule has 0 saturated carbocycles. The molecule has 2 atom stereocenters. The Morgan fingerprint density at radius 1 is 1.04 bits per heavy atom. The summed E-state index contributed by atoms with van der Waals surface area (Å²) < 4.78 is 1.90. The van der Waals surface area contributed by atoms with Crippen molar-refractivity contribution < 1.29 is 4.79 Å². The molecule has 3 aromatic rings. The quantitative estimate of drug-likeness (QED) is 0.744. The van der Waals surface area contributed by atoms with Crippen molar-refractivity contribution in [2.24, 2.45) is 5.92 Å². The summed E-state index contributed by atoms with van der Waals surface area (Å²) in [6, 6.07) is 13.4. The van der Waals surface area contributed by atoms with Crippen LogP contribution in [0, 0.1) is 5.92 Å². The number of piperidine rings is 1. The molecular weight excluding hydrogens is 314 g/mol. The van der Waals surface area contributed by atoms with E-state index >= 15 is 0 Å². The summed E-state index contributed by atoms with van der Waals surface area (Å²) in [6.45, 7) is 2.11. The van der Waals surface area contributed by atoms with E-state index in [1.54, 1.807) is 6.07 Å². The van der Waals surface area contributed by atoms with Gasteiger partial charge in [0.05, 0.1) is 5.56 Å². The molecule has 1 saturated heterocycles. The van der Waals surface area contributed by atoms with Gasteiger partial charge in [0.25, 0.3) is 11.5 Å². The van der Waals surface area contributed by atoms with Crippen molar-refractivity contribution in [3.05, 3.63) is 70.3 Å². The number of rotatable bonds is 1. The molecule has 5 heteroatoms. The number of benzene rings is 1. The third kappa shape index (κ3) is 2.22. The molecule has 2 bridgehead atoms. The number of aromatic amines is 1. The molecule has 0 spiro atoms. The zero-order chi connectivity index (χ0) is 17.0. The summed E-state index contributed by atoms with van der Waals surface area (Å²) in [4.78, 5) is 30.4. The smallest absolute Gasteiger partial charge is 0.256 e. The highest BCUT2D eigenvalue weighted by atomic mass is 16.2. The van der Waals surface area contributed by atoms with E-state index in [2.05, 4.69) is 4.98 Å². The van der Waals surface area contributed by atoms with E-state index < -0.39 is 0 Å². The number of amides is 1. The zero-order valence-electron chi connectivity index (χ0n) is 13.8. The molecule has 5 nitrogen and oxygen atoms in total. The number of hydrogen-bond acceptors (Lipinski definition) is 2. The van der Waals surface area contributed by atoms with E-state index in [0.29, 0.717) is 19.0 Å². The summed E-state index contributed by atoms with van der Waals surface area (Å²) in [5, 5.41) is 0.972. The Morgan fingerprint density at radius 2 is 1.92 bits per heavy atom. The van der Waals surface area contributed by atoms with Crippen molar-refractivity contribution in [2.45, 2.75) is 18.9 Å². The van der Waals surface area contributed by atoms with Gasteiger partial charge in [-0.2, -0.15) is 0 Å². The van der Waals surface area contributed by atoms with E-state index in [1.807, 2.05) is 52.1 Å². The lowest BCUT2D eigenvalue weighted by atomic mass is 9.83. The highest BCUT2D eigenvalue weighted by Crippen LogP contribution is 2.35. The summed E-state index contributed by atoms with van der Waals surface area (Å²) in [7, 11) is 0. The SMILES string of the molecule is O=C(c1c[nH]c2ccccc12)N1C[C@H]2C[C@H](C1)c1cccc(=O)n1C2. The van der Waals surface area contributed by atoms with Gasteiger partial charge in [-0.3, -0.25) is 9.59 Å². The van der Waals surface area contributed by atoms with Gasteiger partial charge in [-0.25, -0.2) is 0 Å². The van der Waals surface area contributed by atoms with Crippen LogP contribution in [0.25, 0.3) is 10.9 Å². The largest absolute Gasteiger partial charge is 0.360 e.